The Labute approximate surface area is 134 Å². The number of carbonyl (C=O) groups is 3. The molecular weight excluding hydrogens is 324 g/mol. The average molecular weight is 342 g/mol. The molecule has 0 saturated heterocycles. The van der Waals surface area contributed by atoms with Crippen LogP contribution in [0.15, 0.2) is 29.2 Å². The molecule has 1 aromatic carbocycles. The highest BCUT2D eigenvalue weighted by atomic mass is 32.2. The largest absolute Gasteiger partial charge is 0.451 e. The SMILES string of the molecule is CC(=O)c1ccc(S(=O)(=O)N[C@@H](C)C(=O)O[C@@H](C)C(N)=O)cc1. The highest BCUT2D eigenvalue weighted by molar-refractivity contribution is 7.89. The van der Waals surface area contributed by atoms with Crippen molar-refractivity contribution in [3.05, 3.63) is 29.8 Å². The normalized spacial score (nSPS) is 13.9. The van der Waals surface area contributed by atoms with Crippen LogP contribution in [0, 0.1) is 0 Å². The van der Waals surface area contributed by atoms with Crippen LogP contribution < -0.4 is 10.5 Å². The summed E-state index contributed by atoms with van der Waals surface area (Å²) >= 11 is 0. The minimum Gasteiger partial charge on any atom is -0.451 e. The van der Waals surface area contributed by atoms with Crippen molar-refractivity contribution in [3.63, 3.8) is 0 Å². The van der Waals surface area contributed by atoms with Crippen LogP contribution in [0.2, 0.25) is 0 Å². The number of carbonyl (C=O) groups excluding carboxylic acids is 3. The van der Waals surface area contributed by atoms with Crippen LogP contribution in [0.1, 0.15) is 31.1 Å². The van der Waals surface area contributed by atoms with Gasteiger partial charge in [0.15, 0.2) is 11.9 Å². The maximum Gasteiger partial charge on any atom is 0.324 e. The van der Waals surface area contributed by atoms with Gasteiger partial charge in [0.25, 0.3) is 5.91 Å². The van der Waals surface area contributed by atoms with Crippen molar-refractivity contribution in [2.24, 2.45) is 5.73 Å². The van der Waals surface area contributed by atoms with Gasteiger partial charge >= 0.3 is 5.97 Å². The van der Waals surface area contributed by atoms with E-state index < -0.39 is 34.0 Å². The lowest BCUT2D eigenvalue weighted by atomic mass is 10.2. The second kappa shape index (κ2) is 7.34. The molecule has 0 aromatic heterocycles. The van der Waals surface area contributed by atoms with Gasteiger partial charge in [0.1, 0.15) is 6.04 Å². The topological polar surface area (TPSA) is 133 Å². The quantitative estimate of drug-likeness (QED) is 0.528. The van der Waals surface area contributed by atoms with Gasteiger partial charge in [-0.05, 0) is 32.9 Å². The molecule has 0 saturated carbocycles. The van der Waals surface area contributed by atoms with Crippen LogP contribution in [0.4, 0.5) is 0 Å². The van der Waals surface area contributed by atoms with Crippen molar-refractivity contribution in [3.8, 4) is 0 Å². The van der Waals surface area contributed by atoms with Gasteiger partial charge in [-0.3, -0.25) is 14.4 Å². The fraction of sp³-hybridized carbons (Fsp3) is 0.357. The first-order valence-electron chi connectivity index (χ1n) is 6.67. The van der Waals surface area contributed by atoms with Gasteiger partial charge < -0.3 is 10.5 Å². The Morgan fingerprint density at radius 3 is 2.09 bits per heavy atom. The Hall–Kier alpha value is -2.26. The number of esters is 1. The summed E-state index contributed by atoms with van der Waals surface area (Å²) in [6.45, 7) is 3.92. The molecule has 8 nitrogen and oxygen atoms in total. The number of amides is 1. The lowest BCUT2D eigenvalue weighted by Gasteiger charge is -2.16. The lowest BCUT2D eigenvalue weighted by Crippen LogP contribution is -2.42. The molecule has 0 fully saturated rings. The summed E-state index contributed by atoms with van der Waals surface area (Å²) in [5.74, 6) is -1.97. The first-order valence-corrected chi connectivity index (χ1v) is 8.16. The monoisotopic (exact) mass is 342 g/mol. The smallest absolute Gasteiger partial charge is 0.324 e. The molecule has 2 atom stereocenters. The Morgan fingerprint density at radius 1 is 1.13 bits per heavy atom. The van der Waals surface area contributed by atoms with Crippen LogP contribution >= 0.6 is 0 Å². The Balaban J connectivity index is 2.83. The van der Waals surface area contributed by atoms with Gasteiger partial charge in [-0.15, -0.1) is 0 Å². The third-order valence-corrected chi connectivity index (χ3v) is 4.51. The molecule has 0 radical (unpaired) electrons. The Bertz CT molecular complexity index is 711. The van der Waals surface area contributed by atoms with Crippen LogP contribution in [0.3, 0.4) is 0 Å². The predicted molar refractivity (Wildman–Crippen MR) is 81.0 cm³/mol. The fourth-order valence-electron chi connectivity index (χ4n) is 1.55. The zero-order chi connectivity index (χ0) is 17.8. The molecule has 0 unspecified atom stereocenters. The number of ether oxygens (including phenoxy) is 1. The first kappa shape index (κ1) is 18.8. The second-order valence-corrected chi connectivity index (χ2v) is 6.62. The Morgan fingerprint density at radius 2 is 1.65 bits per heavy atom. The molecule has 126 valence electrons. The number of nitrogens with one attached hydrogen (secondary N) is 1. The summed E-state index contributed by atoms with van der Waals surface area (Å²) in [6, 6.07) is 4.03. The summed E-state index contributed by atoms with van der Waals surface area (Å²) in [7, 11) is -3.98. The van der Waals surface area contributed by atoms with E-state index in [0.29, 0.717) is 5.56 Å². The molecule has 9 heteroatoms. The van der Waals surface area contributed by atoms with Crippen molar-refractivity contribution < 1.29 is 27.5 Å². The van der Waals surface area contributed by atoms with Crippen LogP contribution in [0.5, 0.6) is 0 Å². The van der Waals surface area contributed by atoms with Crippen molar-refractivity contribution in [1.82, 2.24) is 4.72 Å². The highest BCUT2D eigenvalue weighted by Gasteiger charge is 2.25. The molecule has 0 bridgehead atoms. The number of nitrogens with two attached hydrogens (primary N) is 1. The van der Waals surface area contributed by atoms with Gasteiger partial charge in [-0.2, -0.15) is 4.72 Å². The molecule has 0 aliphatic carbocycles. The molecule has 0 aliphatic rings. The average Bonchev–Trinajstić information content (AvgIpc) is 2.46. The molecule has 1 rings (SSSR count). The number of hydrogen-bond acceptors (Lipinski definition) is 6. The van der Waals surface area contributed by atoms with Crippen molar-refractivity contribution in [2.75, 3.05) is 0 Å². The number of rotatable bonds is 7. The molecule has 1 aromatic rings. The molecular formula is C14H18N2O6S. The zero-order valence-corrected chi connectivity index (χ0v) is 13.7. The minimum atomic E-state index is -3.98. The van der Waals surface area contributed by atoms with Gasteiger partial charge in [-0.1, -0.05) is 12.1 Å². The van der Waals surface area contributed by atoms with Crippen molar-refractivity contribution in [2.45, 2.75) is 37.8 Å². The zero-order valence-electron chi connectivity index (χ0n) is 12.9. The van der Waals surface area contributed by atoms with E-state index in [1.54, 1.807) is 0 Å². The standard InChI is InChI=1S/C14H18N2O6S/c1-8(14(19)22-10(3)13(15)18)16-23(20,21)12-6-4-11(5-7-12)9(2)17/h4-8,10,16H,1-3H3,(H2,15,18)/t8-,10-/m0/s1. The third kappa shape index (κ3) is 5.15. The van der Waals surface area contributed by atoms with Gasteiger partial charge in [0.05, 0.1) is 4.90 Å². The number of sulfonamides is 1. The van der Waals surface area contributed by atoms with E-state index in [1.807, 2.05) is 0 Å². The van der Waals surface area contributed by atoms with E-state index in [2.05, 4.69) is 4.72 Å². The number of benzene rings is 1. The van der Waals surface area contributed by atoms with Crippen LogP contribution in [-0.2, 0) is 24.3 Å². The van der Waals surface area contributed by atoms with Crippen LogP contribution in [-0.4, -0.2) is 38.2 Å². The number of hydrogen-bond donors (Lipinski definition) is 2. The maximum absolute atomic E-state index is 12.2. The van der Waals surface area contributed by atoms with Crippen molar-refractivity contribution >= 4 is 27.7 Å². The summed E-state index contributed by atoms with van der Waals surface area (Å²) in [5.41, 5.74) is 5.33. The first-order chi connectivity index (χ1) is 10.5. The highest BCUT2D eigenvalue weighted by Crippen LogP contribution is 2.12. The molecule has 0 heterocycles. The summed E-state index contributed by atoms with van der Waals surface area (Å²) < 4.78 is 31.2. The van der Waals surface area contributed by atoms with Gasteiger partial charge in [0.2, 0.25) is 10.0 Å². The summed E-state index contributed by atoms with van der Waals surface area (Å²) in [5, 5.41) is 0. The fourth-order valence-corrected chi connectivity index (χ4v) is 2.74. The molecule has 1 amide bonds. The predicted octanol–water partition coefficient (Wildman–Crippen LogP) is -0.0270. The van der Waals surface area contributed by atoms with E-state index >= 15 is 0 Å². The minimum absolute atomic E-state index is 0.106. The molecule has 23 heavy (non-hydrogen) atoms. The summed E-state index contributed by atoms with van der Waals surface area (Å²) in [6.07, 6.45) is -1.16. The van der Waals surface area contributed by atoms with E-state index in [-0.39, 0.29) is 10.7 Å². The lowest BCUT2D eigenvalue weighted by molar-refractivity contribution is -0.155. The Kier molecular flexibility index (Phi) is 5.99. The van der Waals surface area contributed by atoms with E-state index in [0.717, 1.165) is 0 Å². The number of ketones is 1. The number of Topliss-reactive ketones (excluding diaryl/α,β-unsaturated/α-hetero) is 1. The molecule has 0 spiro atoms. The second-order valence-electron chi connectivity index (χ2n) is 4.91. The van der Waals surface area contributed by atoms with E-state index in [4.69, 9.17) is 10.5 Å². The molecule has 3 N–H and O–H groups in total. The summed E-state index contributed by atoms with van der Waals surface area (Å²) in [4.78, 5) is 33.6. The van der Waals surface area contributed by atoms with Crippen molar-refractivity contribution in [1.29, 1.82) is 0 Å². The van der Waals surface area contributed by atoms with Gasteiger partial charge in [0, 0.05) is 5.56 Å². The number of primary amides is 1. The van der Waals surface area contributed by atoms with E-state index in [1.165, 1.54) is 45.0 Å². The maximum atomic E-state index is 12.2. The van der Waals surface area contributed by atoms with Crippen LogP contribution in [0.25, 0.3) is 0 Å². The molecule has 0 aliphatic heterocycles. The third-order valence-electron chi connectivity index (χ3n) is 2.95. The van der Waals surface area contributed by atoms with E-state index in [9.17, 15) is 22.8 Å². The van der Waals surface area contributed by atoms with Gasteiger partial charge in [-0.25, -0.2) is 8.42 Å².